The second kappa shape index (κ2) is 28.6. The summed E-state index contributed by atoms with van der Waals surface area (Å²) in [6.07, 6.45) is -0.137. The Labute approximate surface area is 699 Å². The van der Waals surface area contributed by atoms with Crippen molar-refractivity contribution in [1.82, 2.24) is 4.98 Å². The molecule has 4 aliphatic rings. The average Bonchev–Trinajstić information content (AvgIpc) is 1.56. The van der Waals surface area contributed by atoms with Crippen molar-refractivity contribution < 1.29 is 18.9 Å². The number of nitrogens with zero attached hydrogens (tertiary/aromatic N) is 6. The quantitative estimate of drug-likeness (QED) is 0.144. The first-order valence-electron chi connectivity index (χ1n) is 35.5. The van der Waals surface area contributed by atoms with Gasteiger partial charge in [0.25, 0.3) is 0 Å². The topological polar surface area (TPSA) is 127 Å². The minimum atomic E-state index is -0.449. The van der Waals surface area contributed by atoms with Crippen molar-refractivity contribution in [3.63, 3.8) is 0 Å². The fraction of sp³-hybridized carbons (Fsp3) is 0.287. The van der Waals surface area contributed by atoms with Crippen molar-refractivity contribution in [1.29, 1.82) is 0 Å². The van der Waals surface area contributed by atoms with E-state index in [1.165, 1.54) is 0 Å². The van der Waals surface area contributed by atoms with Gasteiger partial charge in [-0.25, -0.2) is 30.0 Å². The number of halogens is 12. The van der Waals surface area contributed by atoms with E-state index < -0.39 is 16.2 Å². The molecule has 0 amide bonds. The Balaban J connectivity index is 1.11. The number of fused-ring (bicyclic) bond motifs is 16. The number of para-hydroxylation sites is 1. The van der Waals surface area contributed by atoms with E-state index in [0.717, 1.165) is 44.5 Å². The molecular formula is C87H75Cl12N7O4. The van der Waals surface area contributed by atoms with Gasteiger partial charge in [0.15, 0.2) is 46.3 Å². The van der Waals surface area contributed by atoms with E-state index in [2.05, 4.69) is 148 Å². The Morgan fingerprint density at radius 3 is 1.03 bits per heavy atom. The number of aromatic amines is 1. The molecule has 1 N–H and O–H groups in total. The highest BCUT2D eigenvalue weighted by atomic mass is 35.5. The molecule has 8 bridgehead atoms. The van der Waals surface area contributed by atoms with Gasteiger partial charge in [0, 0.05) is 39.1 Å². The average molecular weight is 1710 g/mol. The maximum absolute atomic E-state index is 7.91. The molecular weight excluding hydrogens is 1630 g/mol. The van der Waals surface area contributed by atoms with Crippen LogP contribution in [0.5, 0.6) is 46.0 Å². The minimum absolute atomic E-state index is 0.0000821. The summed E-state index contributed by atoms with van der Waals surface area (Å²) in [4.78, 5) is 35.6. The highest BCUT2D eigenvalue weighted by molar-refractivity contribution is 6.53. The Morgan fingerprint density at radius 2 is 0.618 bits per heavy atom. The van der Waals surface area contributed by atoms with E-state index in [1.54, 1.807) is 6.07 Å². The van der Waals surface area contributed by atoms with Gasteiger partial charge in [0.2, 0.25) is 0 Å². The summed E-state index contributed by atoms with van der Waals surface area (Å²) in [5.41, 5.74) is 6.63. The van der Waals surface area contributed by atoms with Gasteiger partial charge in [-0.15, -0.1) is 0 Å². The Kier molecular flexibility index (Phi) is 20.8. The van der Waals surface area contributed by atoms with Crippen molar-refractivity contribution in [2.24, 2.45) is 30.0 Å². The predicted octanol–water partition coefficient (Wildman–Crippen LogP) is 27.6. The van der Waals surface area contributed by atoms with Crippen molar-refractivity contribution >= 4 is 185 Å². The lowest BCUT2D eigenvalue weighted by atomic mass is 9.80. The Morgan fingerprint density at radius 1 is 0.291 bits per heavy atom. The van der Waals surface area contributed by atoms with Crippen molar-refractivity contribution in [2.45, 2.75) is 164 Å². The number of benzene rings is 9. The summed E-state index contributed by atoms with van der Waals surface area (Å²) in [6.45, 7) is 38.2. The van der Waals surface area contributed by atoms with Gasteiger partial charge in [-0.1, -0.05) is 349 Å². The fourth-order valence-corrected chi connectivity index (χ4v) is 17.2. The molecule has 23 heteroatoms. The molecule has 3 aliphatic heterocycles. The molecule has 14 rings (SSSR count). The van der Waals surface area contributed by atoms with Crippen molar-refractivity contribution in [2.75, 3.05) is 0 Å². The lowest BCUT2D eigenvalue weighted by Crippen LogP contribution is -2.28. The van der Waals surface area contributed by atoms with Crippen LogP contribution in [-0.4, -0.2) is 28.3 Å². The third kappa shape index (κ3) is 14.2. The number of nitrogens with one attached hydrogen (secondary N) is 1. The molecule has 566 valence electrons. The lowest BCUT2D eigenvalue weighted by molar-refractivity contribution is 0.453. The van der Waals surface area contributed by atoms with E-state index in [-0.39, 0.29) is 195 Å². The molecule has 0 radical (unpaired) electrons. The molecule has 11 nitrogen and oxygen atoms in total. The van der Waals surface area contributed by atoms with Crippen LogP contribution in [0.1, 0.15) is 187 Å². The first kappa shape index (κ1) is 79.8. The number of amidine groups is 4. The Hall–Kier alpha value is -6.78. The molecule has 0 fully saturated rings. The van der Waals surface area contributed by atoms with Gasteiger partial charge in [-0.2, -0.15) is 0 Å². The van der Waals surface area contributed by atoms with Crippen LogP contribution < -0.4 is 40.4 Å². The summed E-state index contributed by atoms with van der Waals surface area (Å²) in [6, 6.07) is 35.3. The summed E-state index contributed by atoms with van der Waals surface area (Å²) in [5.74, 6) is 1.65. The SMILES string of the molecule is CC(C)(C)c1ccc(Oc2c(Cl)c(Cl)c3c(c2Cl)C2=NC3=NC3=c4c(Cl)c(Oc5ccccc5-c5ccccc5)c(Cl)c(Cl)c4=C(C3)N=C3N=C(N=c4[nH]c(c5c(Cl)c(Cl)c(Oc6ccc(C(C)(C)C)cc6C(C)(C)C)c(Cl)c45)=N2)c2c(Cl)c(Oc4ccc(C(C)(C)C)cc4C(C)(C)C)c(Cl)c(Cl)c23)c(C(C)(C)C)c1. The Bertz CT molecular complexity index is 6100. The smallest absolute Gasteiger partial charge is 0.166 e. The van der Waals surface area contributed by atoms with Gasteiger partial charge in [-0.05, 0) is 79.0 Å². The zero-order valence-corrected chi connectivity index (χ0v) is 72.5. The molecule has 9 aromatic carbocycles. The molecule has 4 heterocycles. The highest BCUT2D eigenvalue weighted by Crippen LogP contribution is 2.54. The number of H-pyrrole nitrogens is 1. The zero-order chi connectivity index (χ0) is 79.6. The normalized spacial score (nSPS) is 14.4. The van der Waals surface area contributed by atoms with Crippen LogP contribution in [0.15, 0.2) is 139 Å². The van der Waals surface area contributed by atoms with Crippen molar-refractivity contribution in [3.8, 4) is 57.1 Å². The zero-order valence-electron chi connectivity index (χ0n) is 63.5. The second-order valence-electron chi connectivity index (χ2n) is 33.8. The van der Waals surface area contributed by atoms with Gasteiger partial charge < -0.3 is 23.9 Å². The van der Waals surface area contributed by atoms with Crippen LogP contribution in [0.25, 0.3) is 33.3 Å². The molecule has 0 spiro atoms. The van der Waals surface area contributed by atoms with E-state index in [1.807, 2.05) is 84.9 Å². The largest absolute Gasteiger partial charge is 0.454 e. The molecule has 1 aromatic heterocycles. The van der Waals surface area contributed by atoms with Crippen LogP contribution in [0.2, 0.25) is 60.3 Å². The fourth-order valence-electron chi connectivity index (χ4n) is 13.8. The summed E-state index contributed by atoms with van der Waals surface area (Å²) >= 11 is 92.7. The molecule has 0 atom stereocenters. The standard InChI is InChI=1S/C87H75Cl12N7O4/c1-82(2,3)39-28-31-49(43(34-39)85(10,11)12)108-73-65(93)57-55(62(90)70(73)98)77-101-47-37-46(52-53(47)64(92)72(68(96)60(52)88)107-48-27-23-22-26-42(48)38-24-20-19-21-25-38)100-76-54-58(66(94)74(69(97)61(54)89)109-50-32-29-40(83(4,5)6)35-44(50)86(13,14)15)80(102-76)106-81-59-56(78(105-81)104-79(57)103-77)63(91)71(99)75(67(59)95)110-51-33-30-41(84(7,8)9)36-45(51)87(16,17)18/h19-36H,37H2,1-18H3,(H,100,101,102,103,104,105,106). The lowest BCUT2D eigenvalue weighted by Gasteiger charge is -2.27. The first-order chi connectivity index (χ1) is 51.3. The van der Waals surface area contributed by atoms with Gasteiger partial charge in [0.1, 0.15) is 54.1 Å². The minimum Gasteiger partial charge on any atom is -0.454 e. The highest BCUT2D eigenvalue weighted by Gasteiger charge is 2.40. The molecule has 10 aromatic rings. The number of ether oxygens (including phenoxy) is 4. The van der Waals surface area contributed by atoms with Crippen LogP contribution in [0.4, 0.5) is 0 Å². The molecule has 0 saturated carbocycles. The van der Waals surface area contributed by atoms with E-state index in [0.29, 0.717) is 23.0 Å². The third-order valence-corrected chi connectivity index (χ3v) is 24.5. The number of aromatic nitrogens is 1. The number of hydrogen-bond acceptors (Lipinski definition) is 10. The summed E-state index contributed by atoms with van der Waals surface area (Å²) in [7, 11) is 0. The predicted molar refractivity (Wildman–Crippen MR) is 461 cm³/mol. The van der Waals surface area contributed by atoms with Crippen LogP contribution >= 0.6 is 139 Å². The molecule has 110 heavy (non-hydrogen) atoms. The van der Waals surface area contributed by atoms with Gasteiger partial charge in [-0.3, -0.25) is 0 Å². The number of aliphatic imine (C=N–C) groups is 4. The van der Waals surface area contributed by atoms with E-state index in [4.69, 9.17) is 188 Å². The monoisotopic (exact) mass is 1700 g/mol. The number of hydrogen-bond donors (Lipinski definition) is 1. The van der Waals surface area contributed by atoms with Crippen LogP contribution in [-0.2, 0) is 32.5 Å². The first-order valence-corrected chi connectivity index (χ1v) is 40.0. The number of rotatable bonds is 9. The summed E-state index contributed by atoms with van der Waals surface area (Å²) < 4.78 is 27.8. The van der Waals surface area contributed by atoms with Crippen molar-refractivity contribution in [3.05, 3.63) is 247 Å². The summed E-state index contributed by atoms with van der Waals surface area (Å²) in [5, 5.41) is 0.360. The van der Waals surface area contributed by atoms with Gasteiger partial charge in [0.05, 0.1) is 84.6 Å². The maximum Gasteiger partial charge on any atom is 0.166 e. The van der Waals surface area contributed by atoms with Gasteiger partial charge >= 0.3 is 0 Å². The van der Waals surface area contributed by atoms with E-state index in [9.17, 15) is 0 Å². The second-order valence-corrected chi connectivity index (χ2v) is 38.4. The molecule has 1 aliphatic carbocycles. The molecule has 0 saturated heterocycles. The van der Waals surface area contributed by atoms with Crippen LogP contribution in [0.3, 0.4) is 0 Å². The third-order valence-electron chi connectivity index (χ3n) is 19.8. The van der Waals surface area contributed by atoms with Crippen LogP contribution in [0, 0.1) is 0 Å². The van der Waals surface area contributed by atoms with E-state index >= 15 is 0 Å². The molecule has 0 unspecified atom stereocenters. The maximum atomic E-state index is 7.91.